The third-order valence-corrected chi connectivity index (χ3v) is 8.67. The van der Waals surface area contributed by atoms with Crippen molar-refractivity contribution in [2.24, 2.45) is 5.92 Å². The fourth-order valence-corrected chi connectivity index (χ4v) is 6.49. The first-order valence-electron chi connectivity index (χ1n) is 16.5. The Balaban J connectivity index is 1.74. The van der Waals surface area contributed by atoms with Crippen LogP contribution in [0.4, 0.5) is 8.78 Å². The molecule has 0 spiro atoms. The van der Waals surface area contributed by atoms with E-state index in [2.05, 4.69) is 22.5 Å². The van der Waals surface area contributed by atoms with Crippen molar-refractivity contribution in [2.75, 3.05) is 26.2 Å². The maximum atomic E-state index is 16.0. The molecule has 0 saturated carbocycles. The summed E-state index contributed by atoms with van der Waals surface area (Å²) in [6.45, 7) is 16.4. The number of halogens is 2. The van der Waals surface area contributed by atoms with Gasteiger partial charge in [0.15, 0.2) is 0 Å². The SMILES string of the molecule is CCOC(=O)CC(NC(=O)C(CC(C)C)n1nc(CCN2CC(F)C2)cc(C)c1=O)c1cc(-c2c(C)cc(C)cc2C)cc(C)c1F. The molecule has 2 unspecified atom stereocenters. The van der Waals surface area contributed by atoms with Crippen LogP contribution >= 0.6 is 0 Å². The Morgan fingerprint density at radius 3 is 2.26 bits per heavy atom. The van der Waals surface area contributed by atoms with Gasteiger partial charge in [0.25, 0.3) is 5.56 Å². The highest BCUT2D eigenvalue weighted by molar-refractivity contribution is 5.82. The van der Waals surface area contributed by atoms with Crippen molar-refractivity contribution in [3.63, 3.8) is 0 Å². The number of carbonyl (C=O) groups excluding carboxylic acids is 2. The number of nitrogens with one attached hydrogen (secondary N) is 1. The lowest BCUT2D eigenvalue weighted by atomic mass is 9.89. The number of hydrogen-bond donors (Lipinski definition) is 1. The third-order valence-electron chi connectivity index (χ3n) is 8.67. The molecule has 1 aromatic heterocycles. The first kappa shape index (κ1) is 35.9. The van der Waals surface area contributed by atoms with Crippen LogP contribution in [0.5, 0.6) is 0 Å². The topological polar surface area (TPSA) is 93.5 Å². The number of rotatable bonds is 13. The van der Waals surface area contributed by atoms with Gasteiger partial charge in [-0.3, -0.25) is 19.3 Å². The van der Waals surface area contributed by atoms with E-state index in [4.69, 9.17) is 4.74 Å². The Bertz CT molecular complexity index is 1660. The van der Waals surface area contributed by atoms with E-state index in [9.17, 15) is 18.8 Å². The van der Waals surface area contributed by atoms with E-state index >= 15 is 4.39 Å². The molecule has 3 aromatic rings. The van der Waals surface area contributed by atoms with Crippen molar-refractivity contribution in [1.29, 1.82) is 0 Å². The summed E-state index contributed by atoms with van der Waals surface area (Å²) in [4.78, 5) is 42.5. The predicted octanol–water partition coefficient (Wildman–Crippen LogP) is 6.19. The highest BCUT2D eigenvalue weighted by atomic mass is 19.1. The molecular weight excluding hydrogens is 602 g/mol. The maximum absolute atomic E-state index is 16.0. The molecule has 8 nitrogen and oxygen atoms in total. The van der Waals surface area contributed by atoms with Crippen LogP contribution in [0.15, 0.2) is 35.1 Å². The maximum Gasteiger partial charge on any atom is 0.308 e. The van der Waals surface area contributed by atoms with Gasteiger partial charge in [-0.1, -0.05) is 31.5 Å². The summed E-state index contributed by atoms with van der Waals surface area (Å²) in [7, 11) is 0. The molecule has 2 aromatic carbocycles. The molecule has 1 aliphatic rings. The molecule has 10 heteroatoms. The molecule has 2 atom stereocenters. The van der Waals surface area contributed by atoms with Gasteiger partial charge < -0.3 is 10.1 Å². The lowest BCUT2D eigenvalue weighted by molar-refractivity contribution is -0.144. The number of aromatic nitrogens is 2. The summed E-state index contributed by atoms with van der Waals surface area (Å²) in [6.07, 6.45) is -0.344. The molecule has 1 amide bonds. The zero-order chi connectivity index (χ0) is 34.6. The summed E-state index contributed by atoms with van der Waals surface area (Å²) in [6, 6.07) is 7.23. The second kappa shape index (κ2) is 15.3. The number of ether oxygens (including phenoxy) is 1. The van der Waals surface area contributed by atoms with Gasteiger partial charge in [-0.15, -0.1) is 0 Å². The second-order valence-electron chi connectivity index (χ2n) is 13.4. The predicted molar refractivity (Wildman–Crippen MR) is 180 cm³/mol. The van der Waals surface area contributed by atoms with E-state index in [0.717, 1.165) is 27.8 Å². The largest absolute Gasteiger partial charge is 0.466 e. The van der Waals surface area contributed by atoms with Crippen molar-refractivity contribution in [3.05, 3.63) is 85.6 Å². The van der Waals surface area contributed by atoms with Crippen LogP contribution in [0, 0.1) is 46.4 Å². The highest BCUT2D eigenvalue weighted by Crippen LogP contribution is 2.34. The van der Waals surface area contributed by atoms with E-state index in [1.165, 1.54) is 4.68 Å². The smallest absolute Gasteiger partial charge is 0.308 e. The van der Waals surface area contributed by atoms with Gasteiger partial charge >= 0.3 is 5.97 Å². The van der Waals surface area contributed by atoms with Crippen molar-refractivity contribution in [3.8, 4) is 11.1 Å². The zero-order valence-electron chi connectivity index (χ0n) is 28.9. The van der Waals surface area contributed by atoms with Crippen LogP contribution < -0.4 is 10.9 Å². The van der Waals surface area contributed by atoms with Crippen molar-refractivity contribution in [2.45, 2.75) is 92.9 Å². The fraction of sp³-hybridized carbons (Fsp3) is 0.514. The first-order chi connectivity index (χ1) is 22.2. The lowest BCUT2D eigenvalue weighted by Crippen LogP contribution is -2.49. The summed E-state index contributed by atoms with van der Waals surface area (Å²) in [5.41, 5.74) is 6.10. The van der Waals surface area contributed by atoms with Gasteiger partial charge in [-0.2, -0.15) is 5.10 Å². The Morgan fingerprint density at radius 2 is 1.66 bits per heavy atom. The average molecular weight is 651 g/mol. The number of aryl methyl sites for hydroxylation is 5. The number of nitrogens with zero attached hydrogens (tertiary/aromatic N) is 3. The Kier molecular flexibility index (Phi) is 11.7. The number of hydrogen-bond acceptors (Lipinski definition) is 6. The summed E-state index contributed by atoms with van der Waals surface area (Å²) in [5.74, 6) is -1.66. The molecule has 4 rings (SSSR count). The monoisotopic (exact) mass is 650 g/mol. The molecule has 1 N–H and O–H groups in total. The van der Waals surface area contributed by atoms with Crippen LogP contribution in [0.2, 0.25) is 0 Å². The van der Waals surface area contributed by atoms with E-state index in [1.54, 1.807) is 39.0 Å². The fourth-order valence-electron chi connectivity index (χ4n) is 6.49. The Hall–Kier alpha value is -3.92. The molecule has 254 valence electrons. The third kappa shape index (κ3) is 8.71. The standard InChI is InChI=1S/C37H48F2N4O4/c1-9-47-33(44)18-31(30-17-27(15-25(7)35(30)39)34-23(5)13-22(4)14-24(34)6)40-36(45)32(12-21(2)3)43-37(46)26(8)16-29(41-43)10-11-42-19-28(38)20-42/h13-17,21,28,31-32H,9-12,18-20H2,1-8H3,(H,40,45). The molecule has 1 saturated heterocycles. The van der Waals surface area contributed by atoms with Crippen LogP contribution in [0.1, 0.15) is 84.8 Å². The van der Waals surface area contributed by atoms with Crippen LogP contribution in [-0.2, 0) is 20.7 Å². The van der Waals surface area contributed by atoms with Crippen LogP contribution in [0.3, 0.4) is 0 Å². The summed E-state index contributed by atoms with van der Waals surface area (Å²) in [5, 5.41) is 7.52. The normalized spacial score (nSPS) is 15.0. The van der Waals surface area contributed by atoms with Crippen LogP contribution in [-0.4, -0.2) is 59.0 Å². The van der Waals surface area contributed by atoms with Gasteiger partial charge in [0.2, 0.25) is 5.91 Å². The average Bonchev–Trinajstić information content (AvgIpc) is 2.96. The minimum absolute atomic E-state index is 0.00397. The highest BCUT2D eigenvalue weighted by Gasteiger charge is 2.31. The molecule has 0 bridgehead atoms. The van der Waals surface area contributed by atoms with E-state index < -0.39 is 41.5 Å². The number of carbonyl (C=O) groups is 2. The van der Waals surface area contributed by atoms with E-state index in [-0.39, 0.29) is 30.9 Å². The second-order valence-corrected chi connectivity index (χ2v) is 13.4. The Morgan fingerprint density at radius 1 is 1.00 bits per heavy atom. The van der Waals surface area contributed by atoms with Crippen LogP contribution in [0.25, 0.3) is 11.1 Å². The number of alkyl halides is 1. The van der Waals surface area contributed by atoms with E-state index in [1.807, 2.05) is 39.5 Å². The molecule has 1 fully saturated rings. The number of amides is 1. The molecule has 0 radical (unpaired) electrons. The van der Waals surface area contributed by atoms with Gasteiger partial charge in [0, 0.05) is 37.2 Å². The lowest BCUT2D eigenvalue weighted by Gasteiger charge is -2.34. The number of benzene rings is 2. The van der Waals surface area contributed by atoms with Gasteiger partial charge in [-0.25, -0.2) is 13.5 Å². The molecule has 2 heterocycles. The molecule has 0 aliphatic carbocycles. The van der Waals surface area contributed by atoms with Crippen molar-refractivity contribution in [1.82, 2.24) is 20.0 Å². The molecule has 47 heavy (non-hydrogen) atoms. The van der Waals surface area contributed by atoms with Gasteiger partial charge in [-0.05, 0) is 99.9 Å². The quantitative estimate of drug-likeness (QED) is 0.222. The minimum Gasteiger partial charge on any atom is -0.466 e. The number of likely N-dealkylation sites (tertiary alicyclic amines) is 1. The van der Waals surface area contributed by atoms with Crippen molar-refractivity contribution < 1.29 is 23.1 Å². The van der Waals surface area contributed by atoms with Gasteiger partial charge in [0.1, 0.15) is 18.0 Å². The first-order valence-corrected chi connectivity index (χ1v) is 16.5. The zero-order valence-corrected chi connectivity index (χ0v) is 28.9. The molecular formula is C37H48F2N4O4. The Labute approximate surface area is 276 Å². The summed E-state index contributed by atoms with van der Waals surface area (Å²) < 4.78 is 35.8. The number of esters is 1. The molecule has 1 aliphatic heterocycles. The summed E-state index contributed by atoms with van der Waals surface area (Å²) >= 11 is 0. The minimum atomic E-state index is -1.07. The van der Waals surface area contributed by atoms with Crippen molar-refractivity contribution >= 4 is 11.9 Å². The van der Waals surface area contributed by atoms with E-state index in [0.29, 0.717) is 42.9 Å². The van der Waals surface area contributed by atoms with Gasteiger partial charge in [0.05, 0.1) is 24.8 Å².